The summed E-state index contributed by atoms with van der Waals surface area (Å²) in [5.41, 5.74) is 3.44. The van der Waals surface area contributed by atoms with Crippen LogP contribution in [0.4, 0.5) is 0 Å². The second kappa shape index (κ2) is 7.23. The van der Waals surface area contributed by atoms with E-state index in [0.29, 0.717) is 11.3 Å². The van der Waals surface area contributed by atoms with Crippen LogP contribution in [-0.4, -0.2) is 18.0 Å². The van der Waals surface area contributed by atoms with Gasteiger partial charge in [0.05, 0.1) is 0 Å². The third-order valence-electron chi connectivity index (χ3n) is 6.01. The van der Waals surface area contributed by atoms with Crippen LogP contribution in [0.25, 0.3) is 0 Å². The second-order valence-corrected chi connectivity index (χ2v) is 8.52. The number of hydrogen-bond acceptors (Lipinski definition) is 1. The number of nitrogens with zero attached hydrogens (tertiary/aromatic N) is 1. The van der Waals surface area contributed by atoms with Crippen LogP contribution in [0.15, 0.2) is 23.9 Å². The van der Waals surface area contributed by atoms with Gasteiger partial charge in [-0.3, -0.25) is 0 Å². The van der Waals surface area contributed by atoms with Gasteiger partial charge in [-0.15, -0.1) is 0 Å². The summed E-state index contributed by atoms with van der Waals surface area (Å²) in [6.07, 6.45) is 10.5. The van der Waals surface area contributed by atoms with Crippen LogP contribution in [0.1, 0.15) is 73.1 Å². The molecule has 3 unspecified atom stereocenters. The van der Waals surface area contributed by atoms with Crippen molar-refractivity contribution in [1.29, 1.82) is 0 Å². The molecule has 22 heavy (non-hydrogen) atoms. The molecule has 0 N–H and O–H groups in total. The van der Waals surface area contributed by atoms with E-state index in [9.17, 15) is 0 Å². The Morgan fingerprint density at radius 3 is 2.55 bits per heavy atom. The highest BCUT2D eigenvalue weighted by Crippen LogP contribution is 2.56. The molecule has 0 aliphatic heterocycles. The molecule has 1 nitrogen and oxygen atoms in total. The normalized spacial score (nSPS) is 28.1. The van der Waals surface area contributed by atoms with E-state index in [1.165, 1.54) is 62.9 Å². The Kier molecular flexibility index (Phi) is 5.80. The lowest BCUT2D eigenvalue weighted by atomic mass is 9.98. The van der Waals surface area contributed by atoms with Crippen LogP contribution >= 0.6 is 0 Å². The monoisotopic (exact) mass is 303 g/mol. The molecule has 0 amide bonds. The minimum absolute atomic E-state index is 0.587. The molecule has 0 aromatic carbocycles. The molecular weight excluding hydrogens is 266 g/mol. The van der Waals surface area contributed by atoms with Crippen molar-refractivity contribution in [1.82, 2.24) is 4.90 Å². The van der Waals surface area contributed by atoms with Crippen molar-refractivity contribution in [2.24, 2.45) is 23.2 Å². The van der Waals surface area contributed by atoms with Gasteiger partial charge >= 0.3 is 0 Å². The van der Waals surface area contributed by atoms with E-state index in [1.807, 2.05) is 0 Å². The van der Waals surface area contributed by atoms with Crippen molar-refractivity contribution >= 4 is 0 Å². The van der Waals surface area contributed by atoms with Crippen molar-refractivity contribution in [3.8, 4) is 0 Å². The standard InChI is InChI=1S/C21H37N/c1-7-17(4)18(5)22(14-19-10-11-19)15-20-13-21(20,6)12-8-9-16(2)3/h9,17,19-20H,5,7-8,10-15H2,1-4,6H3. The van der Waals surface area contributed by atoms with Gasteiger partial charge in [0.15, 0.2) is 0 Å². The molecule has 2 aliphatic rings. The topological polar surface area (TPSA) is 3.24 Å². The Balaban J connectivity index is 1.85. The fraction of sp³-hybridized carbons (Fsp3) is 0.810. The second-order valence-electron chi connectivity index (χ2n) is 8.52. The molecule has 2 fully saturated rings. The van der Waals surface area contributed by atoms with E-state index in [4.69, 9.17) is 0 Å². The molecule has 3 atom stereocenters. The Bertz CT molecular complexity index is 414. The van der Waals surface area contributed by atoms with Crippen LogP contribution in [0.2, 0.25) is 0 Å². The quantitative estimate of drug-likeness (QED) is 0.445. The van der Waals surface area contributed by atoms with Gasteiger partial charge in [-0.25, -0.2) is 0 Å². The summed E-state index contributed by atoms with van der Waals surface area (Å²) < 4.78 is 0. The summed E-state index contributed by atoms with van der Waals surface area (Å²) in [6.45, 7) is 18.5. The average molecular weight is 304 g/mol. The number of hydrogen-bond donors (Lipinski definition) is 0. The van der Waals surface area contributed by atoms with Crippen molar-refractivity contribution in [2.75, 3.05) is 13.1 Å². The van der Waals surface area contributed by atoms with Crippen molar-refractivity contribution in [3.05, 3.63) is 23.9 Å². The van der Waals surface area contributed by atoms with Crippen LogP contribution in [-0.2, 0) is 0 Å². The van der Waals surface area contributed by atoms with Gasteiger partial charge in [-0.2, -0.15) is 0 Å². The van der Waals surface area contributed by atoms with Crippen molar-refractivity contribution < 1.29 is 0 Å². The SMILES string of the molecule is C=C(C(C)CC)N(CC1CC1)CC1CC1(C)CCC=C(C)C. The maximum Gasteiger partial charge on any atom is 0.0208 e. The van der Waals surface area contributed by atoms with Gasteiger partial charge in [0, 0.05) is 18.8 Å². The Labute approximate surface area is 138 Å². The molecule has 1 heteroatoms. The zero-order valence-electron chi connectivity index (χ0n) is 15.6. The fourth-order valence-corrected chi connectivity index (χ4v) is 3.52. The van der Waals surface area contributed by atoms with E-state index in [-0.39, 0.29) is 0 Å². The zero-order valence-corrected chi connectivity index (χ0v) is 15.6. The van der Waals surface area contributed by atoms with Crippen LogP contribution in [0.5, 0.6) is 0 Å². The van der Waals surface area contributed by atoms with Crippen molar-refractivity contribution in [2.45, 2.75) is 73.1 Å². The van der Waals surface area contributed by atoms with E-state index in [0.717, 1.165) is 11.8 Å². The van der Waals surface area contributed by atoms with E-state index in [2.05, 4.69) is 52.2 Å². The van der Waals surface area contributed by atoms with Crippen LogP contribution < -0.4 is 0 Å². The summed E-state index contributed by atoms with van der Waals surface area (Å²) >= 11 is 0. The molecule has 0 aromatic heterocycles. The third kappa shape index (κ3) is 4.89. The van der Waals surface area contributed by atoms with Crippen LogP contribution in [0.3, 0.4) is 0 Å². The molecule has 0 radical (unpaired) electrons. The lowest BCUT2D eigenvalue weighted by molar-refractivity contribution is 0.265. The van der Waals surface area contributed by atoms with Gasteiger partial charge in [-0.05, 0) is 75.5 Å². The first-order chi connectivity index (χ1) is 10.4. The van der Waals surface area contributed by atoms with Gasteiger partial charge in [-0.1, -0.05) is 39.0 Å². The first kappa shape index (κ1) is 17.6. The molecule has 0 spiro atoms. The molecule has 0 bridgehead atoms. The lowest BCUT2D eigenvalue weighted by Crippen LogP contribution is -2.31. The molecule has 126 valence electrons. The summed E-state index contributed by atoms with van der Waals surface area (Å²) in [6, 6.07) is 0. The third-order valence-corrected chi connectivity index (χ3v) is 6.01. The largest absolute Gasteiger partial charge is 0.375 e. The maximum absolute atomic E-state index is 4.44. The summed E-state index contributed by atoms with van der Waals surface area (Å²) in [5, 5.41) is 0. The highest BCUT2D eigenvalue weighted by Gasteiger charge is 2.49. The number of rotatable bonds is 10. The molecule has 0 saturated heterocycles. The van der Waals surface area contributed by atoms with E-state index in [1.54, 1.807) is 0 Å². The molecule has 2 saturated carbocycles. The fourth-order valence-electron chi connectivity index (χ4n) is 3.52. The molecular formula is C21H37N. The predicted molar refractivity (Wildman–Crippen MR) is 97.8 cm³/mol. The smallest absolute Gasteiger partial charge is 0.0208 e. The average Bonchev–Trinajstić information content (AvgIpc) is 3.36. The maximum atomic E-state index is 4.44. The lowest BCUT2D eigenvalue weighted by Gasteiger charge is -2.31. The predicted octanol–water partition coefficient (Wildman–Crippen LogP) is 6.03. The van der Waals surface area contributed by atoms with E-state index >= 15 is 0 Å². The Morgan fingerprint density at radius 2 is 2.00 bits per heavy atom. The minimum atomic E-state index is 0.587. The summed E-state index contributed by atoms with van der Waals surface area (Å²) in [5.74, 6) is 2.48. The van der Waals surface area contributed by atoms with E-state index < -0.39 is 0 Å². The first-order valence-electron chi connectivity index (χ1n) is 9.42. The summed E-state index contributed by atoms with van der Waals surface area (Å²) in [7, 11) is 0. The zero-order chi connectivity index (χ0) is 16.3. The van der Waals surface area contributed by atoms with Crippen LogP contribution in [0, 0.1) is 23.2 Å². The molecule has 0 aromatic rings. The van der Waals surface area contributed by atoms with Gasteiger partial charge in [0.2, 0.25) is 0 Å². The minimum Gasteiger partial charge on any atom is -0.375 e. The highest BCUT2D eigenvalue weighted by atomic mass is 15.2. The molecule has 2 rings (SSSR count). The molecule has 0 heterocycles. The molecule has 2 aliphatic carbocycles. The first-order valence-corrected chi connectivity index (χ1v) is 9.42. The van der Waals surface area contributed by atoms with Gasteiger partial charge in [0.25, 0.3) is 0 Å². The van der Waals surface area contributed by atoms with Gasteiger partial charge in [0.1, 0.15) is 0 Å². The van der Waals surface area contributed by atoms with Crippen molar-refractivity contribution in [3.63, 3.8) is 0 Å². The Hall–Kier alpha value is -0.720. The summed E-state index contributed by atoms with van der Waals surface area (Å²) in [4.78, 5) is 2.66. The van der Waals surface area contributed by atoms with Gasteiger partial charge < -0.3 is 4.90 Å². The number of allylic oxidation sites excluding steroid dienone is 3. The highest BCUT2D eigenvalue weighted by molar-refractivity contribution is 5.07. The Morgan fingerprint density at radius 1 is 1.32 bits per heavy atom.